The number of imidazole rings is 3. The first-order chi connectivity index (χ1) is 59.8. The molecule has 61 nitrogen and oxygen atoms in total. The average molecular weight is 1920 g/mol. The van der Waals surface area contributed by atoms with Crippen molar-refractivity contribution in [1.29, 1.82) is 0 Å². The molecule has 0 radical (unpaired) electrons. The number of aromatic nitrogens is 18. The fraction of sp³-hybridized carbons (Fsp3) is 0.550. The Labute approximate surface area is 704 Å². The minimum Gasteiger partial charge on any atom is -0.390 e. The number of nitrogens with two attached hydrogens (primary N) is 3. The Balaban J connectivity index is 0.652. The Kier molecular flexibility index (Phi) is 26.6. The van der Waals surface area contributed by atoms with Crippen LogP contribution in [0.1, 0.15) is 73.3 Å². The Morgan fingerprint density at radius 3 is 0.961 bits per heavy atom. The van der Waals surface area contributed by atoms with Gasteiger partial charge in [-0.2, -0.15) is 0 Å². The fourth-order valence-electron chi connectivity index (χ4n) is 14.5. The molecule has 9 aromatic heterocycles. The molecule has 6 fully saturated rings. The minimum absolute atomic E-state index is 0.00839. The molecular formula is C60H77N21O40P6. The highest BCUT2D eigenvalue weighted by Crippen LogP contribution is 2.57. The summed E-state index contributed by atoms with van der Waals surface area (Å²) in [6, 6.07) is 0. The quantitative estimate of drug-likeness (QED) is 0.0169. The van der Waals surface area contributed by atoms with Crippen molar-refractivity contribution in [3.63, 3.8) is 0 Å². The van der Waals surface area contributed by atoms with Crippen molar-refractivity contribution < 1.29 is 160 Å². The molecule has 5 unspecified atom stereocenters. The normalized spacial score (nSPS) is 30.6. The van der Waals surface area contributed by atoms with Crippen LogP contribution in [0.25, 0.3) is 33.5 Å². The maximum atomic E-state index is 14.6. The van der Waals surface area contributed by atoms with Gasteiger partial charge in [-0.15, -0.1) is 0 Å². The van der Waals surface area contributed by atoms with Crippen LogP contribution in [-0.2, 0) is 106 Å². The summed E-state index contributed by atoms with van der Waals surface area (Å²) in [7, 11) is -34.0. The number of anilines is 3. The highest BCUT2D eigenvalue weighted by molar-refractivity contribution is 7.48. The van der Waals surface area contributed by atoms with Gasteiger partial charge in [0.05, 0.1) is 64.7 Å². The van der Waals surface area contributed by atoms with Crippen molar-refractivity contribution in [3.05, 3.63) is 136 Å². The second kappa shape index (κ2) is 36.2. The van der Waals surface area contributed by atoms with E-state index in [4.69, 9.17) is 90.9 Å². The van der Waals surface area contributed by atoms with Crippen molar-refractivity contribution in [2.45, 2.75) is 169 Å². The molecule has 127 heavy (non-hydrogen) atoms. The number of aliphatic hydroxyl groups excluding tert-OH is 4. The largest absolute Gasteiger partial charge is 0.472 e. The third-order valence-corrected chi connectivity index (χ3v) is 26.0. The smallest absolute Gasteiger partial charge is 0.390 e. The number of ether oxygens (including phenoxy) is 6. The third kappa shape index (κ3) is 20.3. The first kappa shape index (κ1) is 93.0. The van der Waals surface area contributed by atoms with E-state index in [0.29, 0.717) is 0 Å². The summed E-state index contributed by atoms with van der Waals surface area (Å²) in [6.07, 6.45) is -31.5. The number of nitrogens with one attached hydrogen (secondary N) is 3. The van der Waals surface area contributed by atoms with Crippen LogP contribution in [0.2, 0.25) is 0 Å². The molecule has 26 atom stereocenters. The molecule has 0 saturated carbocycles. The molecule has 692 valence electrons. The lowest BCUT2D eigenvalue weighted by molar-refractivity contribution is -0.0650. The number of H-pyrrole nitrogens is 3. The zero-order valence-corrected chi connectivity index (χ0v) is 70.4. The molecule has 0 aliphatic carbocycles. The molecule has 6 saturated heterocycles. The van der Waals surface area contributed by atoms with Gasteiger partial charge in [-0.25, -0.2) is 86.6 Å². The topological polar surface area (TPSA) is 855 Å². The predicted molar refractivity (Wildman–Crippen MR) is 410 cm³/mol. The standard InChI is InChI=1S/C60H77N21O40P6/c1-22-7-76(58(89)73-52(22)86)34-4-25(82)28(111-34)10-106-123(95,96)117-26-5-35(77-8-23(2)53(87)74-59(77)90)112-29(26)11-107-124(97,98)118-27-6-36(78-9-24(3)54(88)75-60(78)91)113-30(27)12-108-125(99,100)120-44-32(115-56(41(44)84)80-20-71-38-47(62)65-17-68-50(38)80)14-110-127(103,104)121-45-33(116-57(42(45)85)81-21-72-39-48(63)66-18-69-51(39)81)15-109-126(101,102)119-43-31(13-105-122(92,93)94)114-55(40(43)83)79-19-70-37-46(61)64-16-67-49(37)79/h7-9,16-21,25-36,40-45,55-57,82-85H,4-6,10-15H2,1-3H3,(H,95,96)(H,97,98)(H,99,100)(H,101,102)(H,103,104)(H2,61,64,67)(H2,62,65,68)(H2,63,66,69)(H,73,86,89)(H,74,87,90)(H,75,88,91)(H2,92,93,94)/t25-,26-,27-,28+,29+,30+,31+,32+,33+,34+,35+,36+,40+,41+,42+,43+,44+,45+,55+,56+,57+/m0/s1. The predicted octanol–water partition coefficient (Wildman–Crippen LogP) is -4.55. The SMILES string of the molecule is Cc1cn([C@H]2C[C@H](OP(=O)(O)OC[C@H]3O[C@@H](n4cc(C)c(=O)[nH]c4=O)C[C@@H]3OP(=O)(O)OC[C@H]3O[C@@H](n4cc(C)c(=O)[nH]c4=O)C[C@@H]3O)[C@@H](COP(=O)(O)O[C@H]3[C@@H](O)[C@H](n4cnc5c(N)ncnc54)O[C@@H]3COP(=O)(O)O[C@H]3[C@@H](O)[C@H](n4cnc5c(N)ncnc54)O[C@@H]3COP(=O)(O)O[C@H]3[C@@H](O)[C@H](n4cnc5c(N)ncnc54)O[C@@H]3COP(=O)(O)O)O2)c(=O)[nH]c1=O. The van der Waals surface area contributed by atoms with E-state index in [-0.39, 0.29) is 74.1 Å². The van der Waals surface area contributed by atoms with Crippen LogP contribution in [0, 0.1) is 20.8 Å². The lowest BCUT2D eigenvalue weighted by atomic mass is 10.1. The molecule has 0 spiro atoms. The van der Waals surface area contributed by atoms with Crippen LogP contribution in [0.4, 0.5) is 17.5 Å². The van der Waals surface area contributed by atoms with Gasteiger partial charge in [0, 0.05) is 54.5 Å². The molecule has 0 amide bonds. The molecular weight excluding hydrogens is 1840 g/mol. The minimum atomic E-state index is -5.92. The second-order valence-electron chi connectivity index (χ2n) is 29.1. The summed E-state index contributed by atoms with van der Waals surface area (Å²) in [5.41, 5.74) is 11.9. The molecule has 15 rings (SSSR count). The van der Waals surface area contributed by atoms with E-state index >= 15 is 0 Å². The van der Waals surface area contributed by atoms with E-state index < -0.39 is 262 Å². The molecule has 67 heteroatoms. The van der Waals surface area contributed by atoms with Gasteiger partial charge in [-0.1, -0.05) is 0 Å². The van der Waals surface area contributed by atoms with Gasteiger partial charge in [0.2, 0.25) is 0 Å². The van der Waals surface area contributed by atoms with Crippen molar-refractivity contribution in [1.82, 2.24) is 87.2 Å². The van der Waals surface area contributed by atoms with Crippen molar-refractivity contribution in [2.75, 3.05) is 56.8 Å². The van der Waals surface area contributed by atoms with Gasteiger partial charge in [-0.3, -0.25) is 106 Å². The number of fused-ring (bicyclic) bond motifs is 3. The van der Waals surface area contributed by atoms with Crippen LogP contribution in [0.15, 0.2) is 85.3 Å². The zero-order valence-electron chi connectivity index (χ0n) is 65.1. The summed E-state index contributed by atoms with van der Waals surface area (Å²) in [5.74, 6) is -0.534. The van der Waals surface area contributed by atoms with Gasteiger partial charge in [0.1, 0.15) is 140 Å². The molecule has 0 aromatic carbocycles. The summed E-state index contributed by atoms with van der Waals surface area (Å²) in [5, 5.41) is 46.8. The Hall–Kier alpha value is -8.65. The Bertz CT molecular complexity index is 6350. The number of hydrogen-bond donors (Lipinski definition) is 17. The third-order valence-electron chi connectivity index (χ3n) is 20.6. The van der Waals surface area contributed by atoms with Gasteiger partial charge in [-0.05, 0) is 20.8 Å². The highest BCUT2D eigenvalue weighted by Gasteiger charge is 2.56. The van der Waals surface area contributed by atoms with Crippen LogP contribution in [0.3, 0.4) is 0 Å². The van der Waals surface area contributed by atoms with E-state index in [1.807, 2.05) is 4.98 Å². The fourth-order valence-corrected chi connectivity index (χ4v) is 19.6. The number of nitrogens with zero attached hydrogens (tertiary/aromatic N) is 15. The number of hydrogen-bond acceptors (Lipinski definition) is 45. The van der Waals surface area contributed by atoms with Crippen molar-refractivity contribution >= 4 is 97.9 Å². The van der Waals surface area contributed by atoms with E-state index in [1.165, 1.54) is 20.8 Å². The zero-order chi connectivity index (χ0) is 91.2. The molecule has 9 aromatic rings. The summed E-state index contributed by atoms with van der Waals surface area (Å²) in [4.78, 5) is 195. The number of nitrogen functional groups attached to an aromatic ring is 3. The van der Waals surface area contributed by atoms with Crippen LogP contribution in [0.5, 0.6) is 0 Å². The lowest BCUT2D eigenvalue weighted by Crippen LogP contribution is -2.38. The average Bonchev–Trinajstić information content (AvgIpc) is 1.62. The number of phosphoric ester groups is 6. The summed E-state index contributed by atoms with van der Waals surface area (Å²) >= 11 is 0. The van der Waals surface area contributed by atoms with Gasteiger partial charge < -0.3 is 100 Å². The Morgan fingerprint density at radius 2 is 0.646 bits per heavy atom. The number of rotatable bonds is 34. The van der Waals surface area contributed by atoms with E-state index in [0.717, 1.165) is 84.0 Å². The summed E-state index contributed by atoms with van der Waals surface area (Å²) in [6.45, 7) is -3.16. The molecule has 20 N–H and O–H groups in total. The van der Waals surface area contributed by atoms with E-state index in [1.54, 1.807) is 0 Å². The number of aromatic amines is 3. The lowest BCUT2D eigenvalue weighted by Gasteiger charge is -2.27. The second-order valence-corrected chi connectivity index (χ2v) is 37.4. The van der Waals surface area contributed by atoms with E-state index in [2.05, 4.69) is 59.3 Å². The van der Waals surface area contributed by atoms with Gasteiger partial charge >= 0.3 is 64.0 Å². The molecule has 15 heterocycles. The number of aryl methyl sites for hydroxylation is 3. The maximum Gasteiger partial charge on any atom is 0.472 e. The Morgan fingerprint density at radius 1 is 0.370 bits per heavy atom. The van der Waals surface area contributed by atoms with Gasteiger partial charge in [0.25, 0.3) is 16.7 Å². The van der Waals surface area contributed by atoms with Crippen LogP contribution >= 0.6 is 46.9 Å². The number of phosphoric acid groups is 6. The first-order valence-corrected chi connectivity index (χ1v) is 46.2. The molecule has 6 aliphatic heterocycles. The van der Waals surface area contributed by atoms with Crippen LogP contribution in [-0.4, -0.2) is 273 Å². The highest BCUT2D eigenvalue weighted by atomic mass is 31.2. The number of aliphatic hydroxyl groups is 4. The molecule has 6 aliphatic rings. The monoisotopic (exact) mass is 1920 g/mol. The first-order valence-electron chi connectivity index (χ1n) is 37.2. The van der Waals surface area contributed by atoms with E-state index in [9.17, 15) is 111 Å². The van der Waals surface area contributed by atoms with Crippen molar-refractivity contribution in [3.8, 4) is 0 Å². The van der Waals surface area contributed by atoms with Crippen LogP contribution < -0.4 is 50.9 Å². The molecule has 0 bridgehead atoms. The maximum absolute atomic E-state index is 14.6. The van der Waals surface area contributed by atoms with Crippen molar-refractivity contribution in [2.24, 2.45) is 0 Å². The summed E-state index contributed by atoms with van der Waals surface area (Å²) < 4.78 is 184. The van der Waals surface area contributed by atoms with Gasteiger partial charge in [0.15, 0.2) is 53.1 Å².